The number of likely N-dealkylation sites (tertiary alicyclic amines) is 1. The number of carbonyl (C=O) groups is 1. The molecule has 1 unspecified atom stereocenters. The minimum atomic E-state index is -0.317. The predicted octanol–water partition coefficient (Wildman–Crippen LogP) is 3.48. The van der Waals surface area contributed by atoms with Crippen molar-refractivity contribution in [1.29, 1.82) is 0 Å². The van der Waals surface area contributed by atoms with Crippen molar-refractivity contribution in [1.82, 2.24) is 4.90 Å². The summed E-state index contributed by atoms with van der Waals surface area (Å²) in [7, 11) is -0.285. The van der Waals surface area contributed by atoms with Gasteiger partial charge in [0.2, 0.25) is 5.91 Å². The van der Waals surface area contributed by atoms with Crippen LogP contribution in [0.4, 0.5) is 0 Å². The minimum absolute atomic E-state index is 0.122. The van der Waals surface area contributed by atoms with Gasteiger partial charge in [-0.3, -0.25) is 4.79 Å². The summed E-state index contributed by atoms with van der Waals surface area (Å²) in [5, 5.41) is 0. The van der Waals surface area contributed by atoms with Crippen LogP contribution in [0.25, 0.3) is 0 Å². The highest BCUT2D eigenvalue weighted by atomic mass is 16.7. The first kappa shape index (κ1) is 16.8. The van der Waals surface area contributed by atoms with Crippen molar-refractivity contribution in [3.63, 3.8) is 0 Å². The number of allylic oxidation sites excluding steroid dienone is 4. The Bertz CT molecular complexity index is 587. The zero-order valence-corrected chi connectivity index (χ0v) is 15.4. The Labute approximate surface area is 140 Å². The molecule has 0 aromatic carbocycles. The Morgan fingerprint density at radius 3 is 2.22 bits per heavy atom. The molecule has 2 aliphatic heterocycles. The summed E-state index contributed by atoms with van der Waals surface area (Å²) >= 11 is 0. The van der Waals surface area contributed by atoms with Crippen molar-refractivity contribution < 1.29 is 14.1 Å². The maximum atomic E-state index is 12.0. The topological polar surface area (TPSA) is 38.8 Å². The third kappa shape index (κ3) is 2.58. The van der Waals surface area contributed by atoms with Gasteiger partial charge in [0.15, 0.2) is 0 Å². The Morgan fingerprint density at radius 1 is 1.13 bits per heavy atom. The number of amides is 1. The summed E-state index contributed by atoms with van der Waals surface area (Å²) < 4.78 is 12.4. The molecule has 0 aromatic heterocycles. The molecule has 2 fully saturated rings. The van der Waals surface area contributed by atoms with Crippen LogP contribution in [0.15, 0.2) is 23.3 Å². The van der Waals surface area contributed by atoms with E-state index in [9.17, 15) is 4.79 Å². The molecule has 0 saturated carbocycles. The summed E-state index contributed by atoms with van der Waals surface area (Å²) in [5.41, 5.74) is 1.56. The molecule has 5 heteroatoms. The molecular weight excluding hydrogens is 289 g/mol. The number of fused-ring (bicyclic) bond motifs is 1. The average Bonchev–Trinajstić information content (AvgIpc) is 2.76. The van der Waals surface area contributed by atoms with Gasteiger partial charge in [-0.1, -0.05) is 6.08 Å². The molecule has 1 aliphatic carbocycles. The van der Waals surface area contributed by atoms with E-state index in [1.165, 1.54) is 5.47 Å². The molecule has 2 saturated heterocycles. The van der Waals surface area contributed by atoms with Gasteiger partial charge in [0.25, 0.3) is 0 Å². The lowest BCUT2D eigenvalue weighted by atomic mass is 9.70. The van der Waals surface area contributed by atoms with E-state index in [2.05, 4.69) is 53.7 Å². The highest BCUT2D eigenvalue weighted by molar-refractivity contribution is 6.54. The van der Waals surface area contributed by atoms with Crippen LogP contribution in [0.5, 0.6) is 0 Å². The molecule has 23 heavy (non-hydrogen) atoms. The van der Waals surface area contributed by atoms with Crippen LogP contribution >= 0.6 is 0 Å². The SMILES string of the molecule is CC(=O)N1C2=CC=C(B3OC(C)(C)C(C)(C)O3)CC2CC1(C)C. The van der Waals surface area contributed by atoms with Crippen LogP contribution in [0.3, 0.4) is 0 Å². The van der Waals surface area contributed by atoms with Gasteiger partial charge in [-0.2, -0.15) is 0 Å². The summed E-state index contributed by atoms with van der Waals surface area (Å²) in [5.74, 6) is 0.490. The Morgan fingerprint density at radius 2 is 1.70 bits per heavy atom. The van der Waals surface area contributed by atoms with Crippen LogP contribution in [0.1, 0.15) is 61.3 Å². The molecule has 3 rings (SSSR count). The van der Waals surface area contributed by atoms with Crippen LogP contribution in [0, 0.1) is 5.92 Å². The lowest BCUT2D eigenvalue weighted by Crippen LogP contribution is -2.41. The lowest BCUT2D eigenvalue weighted by molar-refractivity contribution is -0.130. The fourth-order valence-corrected chi connectivity index (χ4v) is 4.04. The van der Waals surface area contributed by atoms with Crippen LogP contribution < -0.4 is 0 Å². The molecule has 3 aliphatic rings. The maximum Gasteiger partial charge on any atom is 0.490 e. The second-order valence-corrected chi connectivity index (χ2v) is 8.69. The third-order valence-corrected chi connectivity index (χ3v) is 5.85. The fraction of sp³-hybridized carbons (Fsp3) is 0.722. The summed E-state index contributed by atoms with van der Waals surface area (Å²) in [6.45, 7) is 14.2. The van der Waals surface area contributed by atoms with Gasteiger partial charge in [-0.05, 0) is 65.9 Å². The monoisotopic (exact) mass is 317 g/mol. The Hall–Kier alpha value is -1.07. The Kier molecular flexibility index (Phi) is 3.62. The van der Waals surface area contributed by atoms with E-state index < -0.39 is 0 Å². The second kappa shape index (κ2) is 4.96. The van der Waals surface area contributed by atoms with Gasteiger partial charge in [-0.15, -0.1) is 0 Å². The van der Waals surface area contributed by atoms with Gasteiger partial charge in [0.1, 0.15) is 0 Å². The van der Waals surface area contributed by atoms with Crippen molar-refractivity contribution >= 4 is 13.0 Å². The van der Waals surface area contributed by atoms with Crippen molar-refractivity contribution in [2.24, 2.45) is 5.92 Å². The third-order valence-electron chi connectivity index (χ3n) is 5.85. The minimum Gasteiger partial charge on any atom is -0.400 e. The van der Waals surface area contributed by atoms with Gasteiger partial charge in [0.05, 0.1) is 11.2 Å². The number of nitrogens with zero attached hydrogens (tertiary/aromatic N) is 1. The first-order chi connectivity index (χ1) is 10.4. The van der Waals surface area contributed by atoms with E-state index in [0.29, 0.717) is 5.92 Å². The molecule has 0 spiro atoms. The van der Waals surface area contributed by atoms with Crippen LogP contribution in [-0.2, 0) is 14.1 Å². The van der Waals surface area contributed by atoms with Crippen LogP contribution in [0.2, 0.25) is 0 Å². The van der Waals surface area contributed by atoms with Gasteiger partial charge >= 0.3 is 7.12 Å². The molecule has 126 valence electrons. The molecule has 1 atom stereocenters. The van der Waals surface area contributed by atoms with Crippen LogP contribution in [-0.4, -0.2) is 34.7 Å². The molecule has 0 bridgehead atoms. The first-order valence-electron chi connectivity index (χ1n) is 8.52. The zero-order chi connectivity index (χ0) is 17.2. The van der Waals surface area contributed by atoms with Crippen molar-refractivity contribution in [2.75, 3.05) is 0 Å². The van der Waals surface area contributed by atoms with E-state index in [4.69, 9.17) is 9.31 Å². The summed E-state index contributed by atoms with van der Waals surface area (Å²) in [6.07, 6.45) is 6.06. The average molecular weight is 317 g/mol. The van der Waals surface area contributed by atoms with Crippen molar-refractivity contribution in [3.05, 3.63) is 23.3 Å². The van der Waals surface area contributed by atoms with E-state index in [1.54, 1.807) is 6.92 Å². The quantitative estimate of drug-likeness (QED) is 0.695. The molecular formula is C18H28BNO3. The van der Waals surface area contributed by atoms with Gasteiger partial charge in [0, 0.05) is 24.1 Å². The maximum absolute atomic E-state index is 12.0. The van der Waals surface area contributed by atoms with E-state index >= 15 is 0 Å². The number of hydrogen-bond acceptors (Lipinski definition) is 3. The predicted molar refractivity (Wildman–Crippen MR) is 91.6 cm³/mol. The highest BCUT2D eigenvalue weighted by Gasteiger charge is 2.54. The van der Waals surface area contributed by atoms with E-state index in [-0.39, 0.29) is 29.8 Å². The molecule has 0 radical (unpaired) electrons. The fourth-order valence-electron chi connectivity index (χ4n) is 4.04. The lowest BCUT2D eigenvalue weighted by Gasteiger charge is -2.32. The molecule has 0 N–H and O–H groups in total. The second-order valence-electron chi connectivity index (χ2n) is 8.69. The molecule has 1 amide bonds. The van der Waals surface area contributed by atoms with Crippen molar-refractivity contribution in [3.8, 4) is 0 Å². The number of rotatable bonds is 1. The highest BCUT2D eigenvalue weighted by Crippen LogP contribution is 2.47. The van der Waals surface area contributed by atoms with E-state index in [0.717, 1.165) is 18.5 Å². The molecule has 4 nitrogen and oxygen atoms in total. The first-order valence-corrected chi connectivity index (χ1v) is 8.52. The number of carbonyl (C=O) groups excluding carboxylic acids is 1. The number of hydrogen-bond donors (Lipinski definition) is 0. The standard InChI is InChI=1S/C18H28BNO3/c1-12(21)20-15-9-8-14(10-13(15)11-16(20,2)3)19-22-17(4,5)18(6,7)23-19/h8-9,13H,10-11H2,1-7H3. The molecule has 2 heterocycles. The summed E-state index contributed by atoms with van der Waals surface area (Å²) in [6, 6.07) is 0. The van der Waals surface area contributed by atoms with Crippen molar-refractivity contribution in [2.45, 2.75) is 78.0 Å². The largest absolute Gasteiger partial charge is 0.490 e. The van der Waals surface area contributed by atoms with Gasteiger partial charge in [-0.25, -0.2) is 0 Å². The smallest absolute Gasteiger partial charge is 0.400 e. The van der Waals surface area contributed by atoms with Gasteiger partial charge < -0.3 is 14.2 Å². The van der Waals surface area contributed by atoms with E-state index in [1.807, 2.05) is 4.90 Å². The zero-order valence-electron chi connectivity index (χ0n) is 15.4. The summed E-state index contributed by atoms with van der Waals surface area (Å²) in [4.78, 5) is 14.0. The Balaban J connectivity index is 1.85. The molecule has 0 aromatic rings. The normalized spacial score (nSPS) is 30.8.